The molecule has 0 unspecified atom stereocenters. The molecule has 0 bridgehead atoms. The number of piperidine rings is 1. The van der Waals surface area contributed by atoms with Gasteiger partial charge in [0, 0.05) is 31.8 Å². The number of amides is 2. The highest BCUT2D eigenvalue weighted by atomic mass is 35.5. The molecule has 1 aliphatic rings. The van der Waals surface area contributed by atoms with Crippen LogP contribution in [0.2, 0.25) is 10.0 Å². The molecule has 1 heterocycles. The fourth-order valence-electron chi connectivity index (χ4n) is 3.80. The number of rotatable bonds is 7. The number of halogens is 2. The molecule has 1 saturated heterocycles. The Morgan fingerprint density at radius 1 is 1.18 bits per heavy atom. The molecular weight excluding hydrogens is 467 g/mol. The number of carbonyl (C=O) groups is 2. The molecule has 10 heteroatoms. The van der Waals surface area contributed by atoms with E-state index in [0.717, 1.165) is 25.9 Å². The van der Waals surface area contributed by atoms with Gasteiger partial charge in [-0.1, -0.05) is 36.2 Å². The third kappa shape index (κ3) is 5.94. The van der Waals surface area contributed by atoms with Gasteiger partial charge in [0.15, 0.2) is 0 Å². The van der Waals surface area contributed by atoms with E-state index < -0.39 is 16.7 Å². The maximum absolute atomic E-state index is 13.4. The maximum atomic E-state index is 13.4. The number of benzene rings is 2. The molecule has 176 valence electrons. The highest BCUT2D eigenvalue weighted by Gasteiger charge is 2.27. The number of carbonyl (C=O) groups excluding carboxylic acids is 2. The zero-order valence-electron chi connectivity index (χ0n) is 18.5. The number of non-ortho nitro benzene ring substituents is 1. The molecule has 1 fully saturated rings. The summed E-state index contributed by atoms with van der Waals surface area (Å²) < 4.78 is 0. The van der Waals surface area contributed by atoms with Crippen LogP contribution >= 0.6 is 23.2 Å². The Morgan fingerprint density at radius 3 is 2.39 bits per heavy atom. The second kappa shape index (κ2) is 10.9. The number of hydrogen-bond donors (Lipinski definition) is 1. The highest BCUT2D eigenvalue weighted by Crippen LogP contribution is 2.31. The molecule has 2 aromatic rings. The van der Waals surface area contributed by atoms with Gasteiger partial charge in [-0.15, -0.1) is 0 Å². The van der Waals surface area contributed by atoms with Gasteiger partial charge in [0.1, 0.15) is 6.54 Å². The van der Waals surface area contributed by atoms with Crippen molar-refractivity contribution >= 4 is 52.1 Å². The van der Waals surface area contributed by atoms with E-state index in [1.165, 1.54) is 17.0 Å². The normalized spacial score (nSPS) is 14.1. The van der Waals surface area contributed by atoms with Gasteiger partial charge in [-0.3, -0.25) is 19.7 Å². The summed E-state index contributed by atoms with van der Waals surface area (Å²) in [5.41, 5.74) is 0.957. The number of nitro groups is 1. The van der Waals surface area contributed by atoms with E-state index in [9.17, 15) is 19.7 Å². The molecule has 2 amide bonds. The predicted octanol–water partition coefficient (Wildman–Crippen LogP) is 5.24. The molecule has 3 rings (SSSR count). The van der Waals surface area contributed by atoms with E-state index in [2.05, 4.69) is 17.1 Å². The Kier molecular flexibility index (Phi) is 8.15. The topological polar surface area (TPSA) is 95.8 Å². The first-order valence-electron chi connectivity index (χ1n) is 10.8. The summed E-state index contributed by atoms with van der Waals surface area (Å²) in [7, 11) is 0. The van der Waals surface area contributed by atoms with E-state index in [-0.39, 0.29) is 40.1 Å². The molecule has 8 nitrogen and oxygen atoms in total. The van der Waals surface area contributed by atoms with Crippen molar-refractivity contribution in [2.45, 2.75) is 26.7 Å². The first-order chi connectivity index (χ1) is 15.7. The van der Waals surface area contributed by atoms with Gasteiger partial charge >= 0.3 is 0 Å². The summed E-state index contributed by atoms with van der Waals surface area (Å²) >= 11 is 12.2. The third-order valence-corrected chi connectivity index (χ3v) is 6.41. The number of para-hydroxylation sites is 1. The van der Waals surface area contributed by atoms with Crippen LogP contribution in [0.1, 0.15) is 37.0 Å². The molecule has 0 spiro atoms. The van der Waals surface area contributed by atoms with Crippen molar-refractivity contribution in [1.29, 1.82) is 0 Å². The number of nitrogens with one attached hydrogen (secondary N) is 1. The fourth-order valence-corrected chi connectivity index (χ4v) is 4.29. The molecule has 0 aliphatic carbocycles. The lowest BCUT2D eigenvalue weighted by Crippen LogP contribution is -2.39. The Balaban J connectivity index is 1.85. The molecule has 1 aliphatic heterocycles. The Labute approximate surface area is 202 Å². The van der Waals surface area contributed by atoms with Crippen molar-refractivity contribution in [2.75, 3.05) is 36.4 Å². The summed E-state index contributed by atoms with van der Waals surface area (Å²) in [5.74, 6) is -0.333. The third-order valence-electron chi connectivity index (χ3n) is 5.78. The van der Waals surface area contributed by atoms with E-state index in [1.54, 1.807) is 31.2 Å². The summed E-state index contributed by atoms with van der Waals surface area (Å²) in [4.78, 5) is 40.4. The van der Waals surface area contributed by atoms with Crippen LogP contribution in [0.3, 0.4) is 0 Å². The van der Waals surface area contributed by atoms with Crippen molar-refractivity contribution in [3.63, 3.8) is 0 Å². The van der Waals surface area contributed by atoms with Gasteiger partial charge < -0.3 is 15.1 Å². The smallest absolute Gasteiger partial charge is 0.270 e. The average molecular weight is 493 g/mol. The average Bonchev–Trinajstić information content (AvgIpc) is 2.79. The molecule has 33 heavy (non-hydrogen) atoms. The molecule has 0 aromatic heterocycles. The van der Waals surface area contributed by atoms with Crippen LogP contribution in [0.15, 0.2) is 36.4 Å². The van der Waals surface area contributed by atoms with Crippen LogP contribution in [0.5, 0.6) is 0 Å². The van der Waals surface area contributed by atoms with Crippen LogP contribution in [-0.2, 0) is 4.79 Å². The number of anilines is 2. The van der Waals surface area contributed by atoms with Crippen LogP contribution in [0.4, 0.5) is 17.1 Å². The summed E-state index contributed by atoms with van der Waals surface area (Å²) in [6, 6.07) is 9.18. The molecule has 0 atom stereocenters. The second-order valence-corrected chi connectivity index (χ2v) is 8.91. The Bertz CT molecular complexity index is 1030. The van der Waals surface area contributed by atoms with Crippen molar-refractivity contribution in [3.05, 3.63) is 62.1 Å². The van der Waals surface area contributed by atoms with Crippen LogP contribution in [-0.4, -0.2) is 47.8 Å². The summed E-state index contributed by atoms with van der Waals surface area (Å²) in [6.07, 6.45) is 1.95. The lowest BCUT2D eigenvalue weighted by molar-refractivity contribution is -0.384. The SMILES string of the molecule is CCN(CC(=O)Nc1c(Cl)cccc1Cl)C(=O)c1cc([N+](=O)[O-])ccc1N1CCC(C)CC1. The van der Waals surface area contributed by atoms with Crippen LogP contribution in [0.25, 0.3) is 0 Å². The molecule has 0 radical (unpaired) electrons. The molecule has 1 N–H and O–H groups in total. The number of nitrogens with zero attached hydrogens (tertiary/aromatic N) is 3. The van der Waals surface area contributed by atoms with Gasteiger partial charge in [0.25, 0.3) is 11.6 Å². The molecule has 2 aromatic carbocycles. The fraction of sp³-hybridized carbons (Fsp3) is 0.391. The van der Waals surface area contributed by atoms with Crippen molar-refractivity contribution in [2.24, 2.45) is 5.92 Å². The van der Waals surface area contributed by atoms with Gasteiger partial charge in [-0.2, -0.15) is 0 Å². The minimum atomic E-state index is -0.527. The van der Waals surface area contributed by atoms with Crippen molar-refractivity contribution in [3.8, 4) is 0 Å². The van der Waals surface area contributed by atoms with Gasteiger partial charge in [0.2, 0.25) is 5.91 Å². The lowest BCUT2D eigenvalue weighted by Gasteiger charge is -2.34. The van der Waals surface area contributed by atoms with E-state index in [0.29, 0.717) is 11.6 Å². The number of likely N-dealkylation sites (N-methyl/N-ethyl adjacent to an activating group) is 1. The largest absolute Gasteiger partial charge is 0.371 e. The summed E-state index contributed by atoms with van der Waals surface area (Å²) in [5, 5.41) is 14.6. The predicted molar refractivity (Wildman–Crippen MR) is 130 cm³/mol. The van der Waals surface area contributed by atoms with E-state index in [4.69, 9.17) is 23.2 Å². The van der Waals surface area contributed by atoms with Crippen LogP contribution in [0, 0.1) is 16.0 Å². The van der Waals surface area contributed by atoms with Gasteiger partial charge in [0.05, 0.1) is 31.9 Å². The Morgan fingerprint density at radius 2 is 1.82 bits per heavy atom. The lowest BCUT2D eigenvalue weighted by atomic mass is 9.97. The maximum Gasteiger partial charge on any atom is 0.270 e. The summed E-state index contributed by atoms with van der Waals surface area (Å²) in [6.45, 7) is 5.43. The minimum Gasteiger partial charge on any atom is -0.371 e. The molecule has 0 saturated carbocycles. The first-order valence-corrected chi connectivity index (χ1v) is 11.5. The van der Waals surface area contributed by atoms with Crippen molar-refractivity contribution in [1.82, 2.24) is 4.90 Å². The number of nitro benzene ring substituents is 1. The first kappa shape index (κ1) is 24.8. The zero-order chi connectivity index (χ0) is 24.1. The standard InChI is InChI=1S/C23H26Cl2N4O4/c1-3-27(14-21(30)26-22-18(24)5-4-6-19(22)25)23(31)17-13-16(29(32)33)7-8-20(17)28-11-9-15(2)10-12-28/h4-8,13,15H,3,9-12,14H2,1-2H3,(H,26,30). The van der Waals surface area contributed by atoms with Crippen molar-refractivity contribution < 1.29 is 14.5 Å². The zero-order valence-corrected chi connectivity index (χ0v) is 20.0. The number of hydrogen-bond acceptors (Lipinski definition) is 5. The second-order valence-electron chi connectivity index (χ2n) is 8.09. The van der Waals surface area contributed by atoms with Gasteiger partial charge in [-0.25, -0.2) is 0 Å². The highest BCUT2D eigenvalue weighted by molar-refractivity contribution is 6.39. The van der Waals surface area contributed by atoms with E-state index >= 15 is 0 Å². The quantitative estimate of drug-likeness (QED) is 0.421. The van der Waals surface area contributed by atoms with Gasteiger partial charge in [-0.05, 0) is 43.9 Å². The van der Waals surface area contributed by atoms with E-state index in [1.807, 2.05) is 0 Å². The monoisotopic (exact) mass is 492 g/mol. The Hall–Kier alpha value is -2.84. The van der Waals surface area contributed by atoms with Crippen LogP contribution < -0.4 is 10.2 Å². The molecular formula is C23H26Cl2N4O4. The minimum absolute atomic E-state index is 0.171.